The Labute approximate surface area is 129 Å². The van der Waals surface area contributed by atoms with Crippen molar-refractivity contribution in [3.05, 3.63) is 23.8 Å². The second kappa shape index (κ2) is 6.31. The van der Waals surface area contributed by atoms with Crippen molar-refractivity contribution >= 4 is 46.2 Å². The van der Waals surface area contributed by atoms with E-state index >= 15 is 0 Å². The van der Waals surface area contributed by atoms with Crippen LogP contribution in [0.4, 0.5) is 9.18 Å². The van der Waals surface area contributed by atoms with Crippen LogP contribution in [-0.4, -0.2) is 33.3 Å². The molecule has 2 aromatic rings. The van der Waals surface area contributed by atoms with Crippen LogP contribution >= 0.6 is 24.2 Å². The molecule has 0 aliphatic carbocycles. The van der Waals surface area contributed by atoms with E-state index in [0.717, 1.165) is 11.8 Å². The van der Waals surface area contributed by atoms with Gasteiger partial charge in [0.25, 0.3) is 5.24 Å². The van der Waals surface area contributed by atoms with E-state index in [1.54, 1.807) is 13.0 Å². The first-order valence-electron chi connectivity index (χ1n) is 5.99. The van der Waals surface area contributed by atoms with Gasteiger partial charge >= 0.3 is 0 Å². The van der Waals surface area contributed by atoms with E-state index in [-0.39, 0.29) is 23.4 Å². The molecule has 6 nitrogen and oxygen atoms in total. The van der Waals surface area contributed by atoms with Crippen molar-refractivity contribution in [2.75, 3.05) is 12.4 Å². The number of aromatic nitrogens is 2. The molecule has 2 N–H and O–H groups in total. The predicted molar refractivity (Wildman–Crippen MR) is 82.0 cm³/mol. The molecule has 0 saturated carbocycles. The Balaban J connectivity index is 0.00000161. The van der Waals surface area contributed by atoms with E-state index in [1.807, 2.05) is 0 Å². The summed E-state index contributed by atoms with van der Waals surface area (Å²) >= 11 is 1.11. The lowest BCUT2D eigenvalue weighted by Crippen LogP contribution is -2.24. The molecule has 112 valence electrons. The average Bonchev–Trinajstić information content (AvgIpc) is 2.83. The first kappa shape index (κ1) is 15.6. The molecule has 0 radical (unpaired) electrons. The number of hydrazone groups is 1. The van der Waals surface area contributed by atoms with Gasteiger partial charge in [0.2, 0.25) is 0 Å². The Morgan fingerprint density at radius 3 is 2.95 bits per heavy atom. The zero-order chi connectivity index (χ0) is 14.1. The molecule has 1 aromatic carbocycles. The minimum absolute atomic E-state index is 0. The fourth-order valence-electron chi connectivity index (χ4n) is 1.85. The van der Waals surface area contributed by atoms with Crippen molar-refractivity contribution in [3.8, 4) is 5.75 Å². The van der Waals surface area contributed by atoms with Gasteiger partial charge in [-0.05, 0) is 6.92 Å². The molecule has 1 aromatic heterocycles. The monoisotopic (exact) mass is 330 g/mol. The average molecular weight is 331 g/mol. The van der Waals surface area contributed by atoms with Gasteiger partial charge in [-0.25, -0.2) is 14.8 Å². The number of fused-ring (bicyclic) bond motifs is 1. The van der Waals surface area contributed by atoms with Crippen LogP contribution in [0.2, 0.25) is 0 Å². The molecule has 3 rings (SSSR count). The molecular weight excluding hydrogens is 319 g/mol. The third kappa shape index (κ3) is 3.11. The maximum atomic E-state index is 13.7. The van der Waals surface area contributed by atoms with E-state index in [4.69, 9.17) is 4.74 Å². The number of imidazole rings is 1. The Kier molecular flexibility index (Phi) is 4.69. The second-order valence-electron chi connectivity index (χ2n) is 4.06. The van der Waals surface area contributed by atoms with Gasteiger partial charge in [-0.2, -0.15) is 5.10 Å². The molecule has 0 atom stereocenters. The Morgan fingerprint density at radius 1 is 1.48 bits per heavy atom. The number of carbonyl (C=O) groups excluding carboxylic acids is 1. The Morgan fingerprint density at radius 2 is 2.29 bits per heavy atom. The Bertz CT molecular complexity index is 719. The van der Waals surface area contributed by atoms with Crippen LogP contribution < -0.4 is 10.2 Å². The fourth-order valence-corrected chi connectivity index (χ4v) is 2.43. The Hall–Kier alpha value is -1.80. The van der Waals surface area contributed by atoms with Crippen molar-refractivity contribution in [1.82, 2.24) is 15.4 Å². The summed E-state index contributed by atoms with van der Waals surface area (Å²) in [5, 5.41) is 3.74. The number of rotatable bonds is 3. The maximum absolute atomic E-state index is 13.7. The summed E-state index contributed by atoms with van der Waals surface area (Å²) in [5.74, 6) is 0.668. The number of ether oxygens (including phenoxy) is 1. The molecule has 9 heteroatoms. The number of H-pyrrole nitrogens is 1. The zero-order valence-corrected chi connectivity index (χ0v) is 12.6. The van der Waals surface area contributed by atoms with Gasteiger partial charge in [0, 0.05) is 12.1 Å². The summed E-state index contributed by atoms with van der Waals surface area (Å²) in [7, 11) is 0. The van der Waals surface area contributed by atoms with E-state index in [1.165, 1.54) is 6.07 Å². The minimum atomic E-state index is -0.442. The van der Waals surface area contributed by atoms with Gasteiger partial charge in [-0.1, -0.05) is 11.8 Å². The molecule has 0 fully saturated rings. The molecule has 0 spiro atoms. The zero-order valence-electron chi connectivity index (χ0n) is 11.0. The van der Waals surface area contributed by atoms with Crippen LogP contribution in [0.25, 0.3) is 11.0 Å². The summed E-state index contributed by atoms with van der Waals surface area (Å²) in [6.07, 6.45) is 0. The first-order valence-corrected chi connectivity index (χ1v) is 6.97. The quantitative estimate of drug-likeness (QED) is 0.906. The molecule has 2 heterocycles. The number of benzene rings is 1. The molecule has 1 amide bonds. The van der Waals surface area contributed by atoms with Gasteiger partial charge in [-0.15, -0.1) is 12.4 Å². The highest BCUT2D eigenvalue weighted by molar-refractivity contribution is 8.14. The summed E-state index contributed by atoms with van der Waals surface area (Å²) in [6, 6.07) is 2.88. The van der Waals surface area contributed by atoms with Gasteiger partial charge in [-0.3, -0.25) is 4.79 Å². The summed E-state index contributed by atoms with van der Waals surface area (Å²) in [4.78, 5) is 18.4. The van der Waals surface area contributed by atoms with Crippen molar-refractivity contribution < 1.29 is 13.9 Å². The van der Waals surface area contributed by atoms with Crippen LogP contribution in [0.5, 0.6) is 5.75 Å². The number of thioether (sulfide) groups is 1. The lowest BCUT2D eigenvalue weighted by molar-refractivity contribution is 0.261. The number of hydrogen-bond donors (Lipinski definition) is 2. The third-order valence-corrected chi connectivity index (χ3v) is 3.50. The lowest BCUT2D eigenvalue weighted by atomic mass is 10.3. The summed E-state index contributed by atoms with van der Waals surface area (Å²) in [5.41, 5.74) is 4.14. The second-order valence-corrected chi connectivity index (χ2v) is 5.01. The van der Waals surface area contributed by atoms with Crippen LogP contribution in [0.1, 0.15) is 12.7 Å². The molecule has 21 heavy (non-hydrogen) atoms. The number of hydrogen-bond acceptors (Lipinski definition) is 5. The summed E-state index contributed by atoms with van der Waals surface area (Å²) in [6.45, 7) is 2.17. The largest absolute Gasteiger partial charge is 0.491 e. The third-order valence-electron chi connectivity index (χ3n) is 2.73. The molecular formula is C12H12ClFN4O2S. The maximum Gasteiger partial charge on any atom is 0.299 e. The SMILES string of the molecule is CCOc1cc2nc(C3=NNC(=O)SC3)[nH]c2cc1F.Cl. The van der Waals surface area contributed by atoms with Crippen molar-refractivity contribution in [2.45, 2.75) is 6.92 Å². The molecule has 1 aliphatic heterocycles. The molecule has 0 saturated heterocycles. The van der Waals surface area contributed by atoms with Gasteiger partial charge in [0.05, 0.1) is 23.4 Å². The van der Waals surface area contributed by atoms with E-state index in [0.29, 0.717) is 34.9 Å². The highest BCUT2D eigenvalue weighted by atomic mass is 35.5. The highest BCUT2D eigenvalue weighted by Gasteiger charge is 2.18. The first-order chi connectivity index (χ1) is 9.67. The van der Waals surface area contributed by atoms with Gasteiger partial charge in [0.15, 0.2) is 17.4 Å². The number of nitrogens with one attached hydrogen (secondary N) is 2. The van der Waals surface area contributed by atoms with E-state index in [9.17, 15) is 9.18 Å². The number of aromatic amines is 1. The molecule has 0 unspecified atom stereocenters. The predicted octanol–water partition coefficient (Wildman–Crippen LogP) is 2.68. The summed E-state index contributed by atoms with van der Waals surface area (Å²) < 4.78 is 18.9. The van der Waals surface area contributed by atoms with Crippen LogP contribution in [-0.2, 0) is 0 Å². The lowest BCUT2D eigenvalue weighted by Gasteiger charge is -2.08. The number of nitrogens with zero attached hydrogens (tertiary/aromatic N) is 2. The molecule has 1 aliphatic rings. The van der Waals surface area contributed by atoms with Crippen LogP contribution in [0.3, 0.4) is 0 Å². The van der Waals surface area contributed by atoms with Crippen molar-refractivity contribution in [2.24, 2.45) is 5.10 Å². The standard InChI is InChI=1S/C12H11FN4O2S.ClH/c1-2-19-10-4-8-7(3-6(10)13)14-11(15-8)9-5-20-12(18)17-16-9;/h3-4H,2,5H2,1H3,(H,14,15)(H,17,18);1H. The highest BCUT2D eigenvalue weighted by Crippen LogP contribution is 2.24. The van der Waals surface area contributed by atoms with Gasteiger partial charge < -0.3 is 9.72 Å². The normalized spacial score (nSPS) is 14.4. The fraction of sp³-hybridized carbons (Fsp3) is 0.250. The van der Waals surface area contributed by atoms with Crippen molar-refractivity contribution in [1.29, 1.82) is 0 Å². The topological polar surface area (TPSA) is 79.4 Å². The van der Waals surface area contributed by atoms with E-state index < -0.39 is 5.82 Å². The number of halogens is 2. The minimum Gasteiger partial charge on any atom is -0.491 e. The smallest absolute Gasteiger partial charge is 0.299 e. The van der Waals surface area contributed by atoms with E-state index in [2.05, 4.69) is 20.5 Å². The number of carbonyl (C=O) groups is 1. The van der Waals surface area contributed by atoms with Gasteiger partial charge in [0.1, 0.15) is 5.71 Å². The van der Waals surface area contributed by atoms with Crippen LogP contribution in [0.15, 0.2) is 17.2 Å². The number of amides is 1. The van der Waals surface area contributed by atoms with Crippen LogP contribution in [0, 0.1) is 5.82 Å². The van der Waals surface area contributed by atoms with Crippen molar-refractivity contribution in [3.63, 3.8) is 0 Å². The molecule has 0 bridgehead atoms.